The summed E-state index contributed by atoms with van der Waals surface area (Å²) in [6.45, 7) is -0.422. The highest BCUT2D eigenvalue weighted by Gasteiger charge is 2.19. The first kappa shape index (κ1) is 13.4. The SMILES string of the molecule is Bn1c(=O)c2c(nc(-c3cnn(C)c3)n2CO)n(B)c1=O. The summed E-state index contributed by atoms with van der Waals surface area (Å²) >= 11 is 0. The number of hydrogen-bond donors (Lipinski definition) is 1. The maximum Gasteiger partial charge on any atom is 0.307 e. The number of aliphatic hydroxyl groups is 1. The van der Waals surface area contributed by atoms with E-state index >= 15 is 0 Å². The van der Waals surface area contributed by atoms with Crippen LogP contribution < -0.4 is 11.2 Å². The van der Waals surface area contributed by atoms with Gasteiger partial charge in [0.15, 0.2) is 11.2 Å². The molecule has 0 amide bonds. The lowest BCUT2D eigenvalue weighted by Gasteiger charge is -2.05. The molecule has 0 aliphatic carbocycles. The van der Waals surface area contributed by atoms with Gasteiger partial charge in [-0.15, -0.1) is 0 Å². The molecule has 3 rings (SSSR count). The van der Waals surface area contributed by atoms with Gasteiger partial charge in [-0.1, -0.05) is 0 Å². The second kappa shape index (κ2) is 4.48. The van der Waals surface area contributed by atoms with Gasteiger partial charge in [0.25, 0.3) is 5.56 Å². The van der Waals surface area contributed by atoms with Gasteiger partial charge in [0.05, 0.1) is 11.8 Å². The van der Waals surface area contributed by atoms with Gasteiger partial charge in [-0.25, -0.2) is 4.98 Å². The summed E-state index contributed by atoms with van der Waals surface area (Å²) in [7, 11) is 4.68. The summed E-state index contributed by atoms with van der Waals surface area (Å²) in [6.07, 6.45) is 3.30. The van der Waals surface area contributed by atoms with Crippen LogP contribution in [0.4, 0.5) is 0 Å². The van der Waals surface area contributed by atoms with Gasteiger partial charge in [0, 0.05) is 13.2 Å². The normalized spacial score (nSPS) is 11.3. The van der Waals surface area contributed by atoms with Crippen LogP contribution in [0.1, 0.15) is 0 Å². The minimum atomic E-state index is -0.496. The Morgan fingerprint density at radius 3 is 2.57 bits per heavy atom. The van der Waals surface area contributed by atoms with Crippen molar-refractivity contribution in [3.63, 3.8) is 0 Å². The number of imidazole rings is 1. The van der Waals surface area contributed by atoms with Crippen molar-refractivity contribution in [1.29, 1.82) is 0 Å². The Kier molecular flexibility index (Phi) is 2.87. The highest BCUT2D eigenvalue weighted by molar-refractivity contribution is 6.12. The summed E-state index contributed by atoms with van der Waals surface area (Å²) in [5.41, 5.74) is 0.104. The number of rotatable bonds is 2. The predicted molar refractivity (Wildman–Crippen MR) is 80.6 cm³/mol. The van der Waals surface area contributed by atoms with Crippen LogP contribution in [0.15, 0.2) is 22.0 Å². The minimum absolute atomic E-state index is 0.181. The first-order chi connectivity index (χ1) is 9.95. The topological polar surface area (TPSA) is 99.9 Å². The third kappa shape index (κ3) is 1.77. The predicted octanol–water partition coefficient (Wildman–Crippen LogP) is -3.50. The molecule has 3 aromatic rings. The van der Waals surface area contributed by atoms with Crippen LogP contribution in [0, 0.1) is 0 Å². The zero-order valence-corrected chi connectivity index (χ0v) is 11.8. The number of aliphatic hydroxyl groups excluding tert-OH is 1. The van der Waals surface area contributed by atoms with Crippen molar-refractivity contribution in [3.05, 3.63) is 33.2 Å². The minimum Gasteiger partial charge on any atom is -0.376 e. The van der Waals surface area contributed by atoms with Crippen LogP contribution in [0.5, 0.6) is 0 Å². The summed E-state index contributed by atoms with van der Waals surface area (Å²) in [5.74, 6) is 0.388. The molecule has 11 heteroatoms. The quantitative estimate of drug-likeness (QED) is 0.493. The molecule has 3 aromatic heterocycles. The molecule has 1 N–H and O–H groups in total. The second-order valence-electron chi connectivity index (χ2n) is 4.79. The lowest BCUT2D eigenvalue weighted by molar-refractivity contribution is 0.216. The molecule has 106 valence electrons. The van der Waals surface area contributed by atoms with Gasteiger partial charge in [0.1, 0.15) is 12.6 Å². The van der Waals surface area contributed by atoms with E-state index in [1.54, 1.807) is 24.1 Å². The van der Waals surface area contributed by atoms with Gasteiger partial charge in [-0.3, -0.25) is 18.8 Å². The lowest BCUT2D eigenvalue weighted by Crippen LogP contribution is -2.39. The Morgan fingerprint density at radius 1 is 1.29 bits per heavy atom. The van der Waals surface area contributed by atoms with Crippen LogP contribution in [-0.4, -0.2) is 49.4 Å². The lowest BCUT2D eigenvalue weighted by atomic mass is 10.3. The molecule has 21 heavy (non-hydrogen) atoms. The van der Waals surface area contributed by atoms with Crippen molar-refractivity contribution in [3.8, 4) is 11.4 Å². The van der Waals surface area contributed by atoms with Gasteiger partial charge >= 0.3 is 5.69 Å². The number of fused-ring (bicyclic) bond motifs is 1. The standard InChI is InChI=1S/C10H12B2N6O3/c1-15-3-5(2-13-15)7-14-8-6(16(7)4-19)9(20)18(12)10(21)17(8)11/h2-3,19H,4,11-12H2,1H3. The van der Waals surface area contributed by atoms with Crippen LogP contribution in [-0.2, 0) is 13.8 Å². The molecule has 0 spiro atoms. The molecule has 0 aliphatic rings. The molecule has 0 bridgehead atoms. The number of aryl methyl sites for hydroxylation is 1. The molecule has 0 saturated carbocycles. The summed E-state index contributed by atoms with van der Waals surface area (Å²) in [4.78, 5) is 28.6. The highest BCUT2D eigenvalue weighted by Crippen LogP contribution is 2.21. The van der Waals surface area contributed by atoms with Gasteiger partial charge < -0.3 is 14.1 Å². The molecule has 0 aromatic carbocycles. The fraction of sp³-hybridized carbons (Fsp3) is 0.200. The second-order valence-corrected chi connectivity index (χ2v) is 4.79. The number of hydrogen-bond acceptors (Lipinski definition) is 5. The van der Waals surface area contributed by atoms with Crippen LogP contribution in [0.2, 0.25) is 0 Å². The Bertz CT molecular complexity index is 966. The van der Waals surface area contributed by atoms with Crippen LogP contribution >= 0.6 is 0 Å². The molecular formula is C10H12B2N6O3. The third-order valence-electron chi connectivity index (χ3n) is 3.45. The Balaban J connectivity index is 2.50. The van der Waals surface area contributed by atoms with Crippen LogP contribution in [0.3, 0.4) is 0 Å². The number of nitrogens with zero attached hydrogens (tertiary/aromatic N) is 6. The smallest absolute Gasteiger partial charge is 0.307 e. The van der Waals surface area contributed by atoms with E-state index in [4.69, 9.17) is 0 Å². The molecule has 0 fully saturated rings. The molecule has 0 saturated heterocycles. The van der Waals surface area contributed by atoms with E-state index in [0.29, 0.717) is 11.4 Å². The van der Waals surface area contributed by atoms with Crippen molar-refractivity contribution in [2.75, 3.05) is 0 Å². The average Bonchev–Trinajstić information content (AvgIpc) is 3.05. The van der Waals surface area contributed by atoms with E-state index < -0.39 is 18.0 Å². The fourth-order valence-electron chi connectivity index (χ4n) is 2.34. The van der Waals surface area contributed by atoms with Crippen molar-refractivity contribution in [2.45, 2.75) is 6.73 Å². The largest absolute Gasteiger partial charge is 0.376 e. The fourth-order valence-corrected chi connectivity index (χ4v) is 2.34. The molecule has 0 radical (unpaired) electrons. The summed E-state index contributed by atoms with van der Waals surface area (Å²) in [6, 6.07) is 0. The number of aromatic nitrogens is 6. The van der Waals surface area contributed by atoms with E-state index in [0.717, 1.165) is 4.48 Å². The van der Waals surface area contributed by atoms with E-state index in [9.17, 15) is 14.7 Å². The van der Waals surface area contributed by atoms with Crippen LogP contribution in [0.25, 0.3) is 22.6 Å². The van der Waals surface area contributed by atoms with Crippen molar-refractivity contribution < 1.29 is 5.11 Å². The molecule has 0 unspecified atom stereocenters. The van der Waals surface area contributed by atoms with E-state index in [-0.39, 0.29) is 11.2 Å². The highest BCUT2D eigenvalue weighted by atomic mass is 16.3. The first-order valence-corrected chi connectivity index (χ1v) is 6.21. The molecule has 3 heterocycles. The molecule has 0 atom stereocenters. The Labute approximate surface area is 119 Å². The maximum absolute atomic E-state index is 12.3. The first-order valence-electron chi connectivity index (χ1n) is 6.21. The Morgan fingerprint density at radius 2 is 2.00 bits per heavy atom. The summed E-state index contributed by atoms with van der Waals surface area (Å²) < 4.78 is 5.23. The maximum atomic E-state index is 12.3. The average molecular weight is 286 g/mol. The van der Waals surface area contributed by atoms with E-state index in [1.807, 2.05) is 0 Å². The summed E-state index contributed by atoms with van der Waals surface area (Å²) in [5, 5.41) is 13.7. The monoisotopic (exact) mass is 286 g/mol. The van der Waals surface area contributed by atoms with Gasteiger partial charge in [0.2, 0.25) is 16.0 Å². The molecule has 9 nitrogen and oxygen atoms in total. The van der Waals surface area contributed by atoms with E-state index in [1.165, 1.54) is 25.0 Å². The van der Waals surface area contributed by atoms with Gasteiger partial charge in [-0.05, 0) is 0 Å². The zero-order chi connectivity index (χ0) is 15.3. The van der Waals surface area contributed by atoms with Crippen molar-refractivity contribution in [2.24, 2.45) is 7.05 Å². The van der Waals surface area contributed by atoms with E-state index in [2.05, 4.69) is 10.1 Å². The van der Waals surface area contributed by atoms with Gasteiger partial charge in [-0.2, -0.15) is 5.10 Å². The van der Waals surface area contributed by atoms with Crippen molar-refractivity contribution >= 4 is 27.1 Å². The zero-order valence-electron chi connectivity index (χ0n) is 11.8. The molecular weight excluding hydrogens is 274 g/mol. The Hall–Kier alpha value is -2.55. The third-order valence-corrected chi connectivity index (χ3v) is 3.45. The van der Waals surface area contributed by atoms with Crippen molar-refractivity contribution in [1.82, 2.24) is 28.3 Å². The molecule has 0 aliphatic heterocycles.